The summed E-state index contributed by atoms with van der Waals surface area (Å²) in [5, 5.41) is 10.0. The predicted molar refractivity (Wildman–Crippen MR) is 101 cm³/mol. The van der Waals surface area contributed by atoms with E-state index in [1.165, 1.54) is 25.7 Å². The van der Waals surface area contributed by atoms with E-state index >= 15 is 0 Å². The number of Topliss-reactive ketones (excluding diaryl/α,β-unsaturated/α-hetero) is 1. The lowest BCUT2D eigenvalue weighted by atomic mass is 9.69. The van der Waals surface area contributed by atoms with Crippen LogP contribution in [0, 0.1) is 40.4 Å². The van der Waals surface area contributed by atoms with E-state index in [9.17, 15) is 9.90 Å². The Labute approximate surface area is 149 Å². The molecule has 2 heteroatoms. The summed E-state index contributed by atoms with van der Waals surface area (Å²) in [4.78, 5) is 13.1. The number of carbonyl (C=O) groups excluding carboxylic acids is 1. The molecule has 5 atom stereocenters. The molecule has 0 heterocycles. The second-order valence-electron chi connectivity index (χ2n) is 10.3. The molecule has 0 aliphatic heterocycles. The van der Waals surface area contributed by atoms with Crippen LogP contribution in [0.15, 0.2) is 0 Å². The van der Waals surface area contributed by atoms with E-state index in [1.54, 1.807) is 0 Å². The lowest BCUT2D eigenvalue weighted by molar-refractivity contribution is -0.131. The highest BCUT2D eigenvalue weighted by atomic mass is 16.3. The summed E-state index contributed by atoms with van der Waals surface area (Å²) in [5.74, 6) is 3.05. The molecule has 2 aliphatic rings. The van der Waals surface area contributed by atoms with Crippen LogP contribution in [0.2, 0.25) is 0 Å². The highest BCUT2D eigenvalue weighted by Gasteiger charge is 2.47. The second kappa shape index (κ2) is 7.48. The van der Waals surface area contributed by atoms with E-state index in [4.69, 9.17) is 0 Å². The number of aliphatic hydroxyl groups is 1. The fourth-order valence-corrected chi connectivity index (χ4v) is 5.56. The average molecular weight is 337 g/mol. The molecule has 2 aliphatic carbocycles. The fourth-order valence-electron chi connectivity index (χ4n) is 5.56. The average Bonchev–Trinajstić information content (AvgIpc) is 3.04. The molecule has 0 radical (unpaired) electrons. The zero-order valence-corrected chi connectivity index (χ0v) is 16.9. The van der Waals surface area contributed by atoms with Crippen LogP contribution < -0.4 is 0 Å². The normalized spacial score (nSPS) is 38.2. The number of aliphatic hydroxyl groups excluding tert-OH is 1. The van der Waals surface area contributed by atoms with Crippen LogP contribution in [-0.2, 0) is 4.79 Å². The van der Waals surface area contributed by atoms with Gasteiger partial charge in [0.05, 0.1) is 6.61 Å². The number of ketones is 1. The molecule has 24 heavy (non-hydrogen) atoms. The summed E-state index contributed by atoms with van der Waals surface area (Å²) >= 11 is 0. The minimum atomic E-state index is -0.156. The minimum absolute atomic E-state index is 0.00713. The van der Waals surface area contributed by atoms with Crippen molar-refractivity contribution in [2.24, 2.45) is 40.4 Å². The first-order valence-corrected chi connectivity index (χ1v) is 10.2. The highest BCUT2D eigenvalue weighted by molar-refractivity contribution is 5.82. The number of hydrogen-bond acceptors (Lipinski definition) is 2. The zero-order valence-electron chi connectivity index (χ0n) is 16.9. The third-order valence-corrected chi connectivity index (χ3v) is 7.59. The van der Waals surface area contributed by atoms with Crippen molar-refractivity contribution in [2.45, 2.75) is 86.5 Å². The Morgan fingerprint density at radius 2 is 1.54 bits per heavy atom. The molecule has 2 saturated carbocycles. The van der Waals surface area contributed by atoms with Crippen molar-refractivity contribution in [3.63, 3.8) is 0 Å². The molecule has 0 saturated heterocycles. The molecule has 2 fully saturated rings. The van der Waals surface area contributed by atoms with Crippen molar-refractivity contribution in [3.05, 3.63) is 0 Å². The number of hydrogen-bond donors (Lipinski definition) is 1. The van der Waals surface area contributed by atoms with Gasteiger partial charge in [-0.2, -0.15) is 0 Å². The largest absolute Gasteiger partial charge is 0.396 e. The van der Waals surface area contributed by atoms with Gasteiger partial charge in [0.1, 0.15) is 5.78 Å². The topological polar surface area (TPSA) is 37.3 Å². The van der Waals surface area contributed by atoms with Crippen molar-refractivity contribution in [2.75, 3.05) is 6.61 Å². The van der Waals surface area contributed by atoms with Crippen LogP contribution in [0.3, 0.4) is 0 Å². The second-order valence-corrected chi connectivity index (χ2v) is 10.3. The van der Waals surface area contributed by atoms with Crippen LogP contribution >= 0.6 is 0 Å². The molecule has 0 spiro atoms. The standard InChI is InChI=1S/C22H40O2/c1-15(2)17-7-9-21(5,11-17)13-20(24)19(14-23)22(6)10-8-18(12-22)16(3)4/h15-19,23H,7-14H2,1-6H3. The van der Waals surface area contributed by atoms with E-state index in [0.29, 0.717) is 24.0 Å². The van der Waals surface area contributed by atoms with Gasteiger partial charge in [-0.1, -0.05) is 41.5 Å². The molecule has 5 unspecified atom stereocenters. The maximum absolute atomic E-state index is 13.1. The first-order chi connectivity index (χ1) is 11.1. The van der Waals surface area contributed by atoms with Crippen molar-refractivity contribution in [1.29, 1.82) is 0 Å². The van der Waals surface area contributed by atoms with Gasteiger partial charge in [-0.05, 0) is 73.0 Å². The number of carbonyl (C=O) groups is 1. The Bertz CT molecular complexity index is 441. The molecule has 0 aromatic heterocycles. The van der Waals surface area contributed by atoms with E-state index in [0.717, 1.165) is 24.7 Å². The quantitative estimate of drug-likeness (QED) is 0.668. The Hall–Kier alpha value is -0.370. The van der Waals surface area contributed by atoms with Crippen molar-refractivity contribution in [1.82, 2.24) is 0 Å². The van der Waals surface area contributed by atoms with Gasteiger partial charge in [-0.25, -0.2) is 0 Å². The van der Waals surface area contributed by atoms with E-state index < -0.39 is 0 Å². The van der Waals surface area contributed by atoms with Crippen molar-refractivity contribution in [3.8, 4) is 0 Å². The monoisotopic (exact) mass is 336 g/mol. The SMILES string of the molecule is CC(C)C1CCC(C)(CC(=O)C(CO)C2(C)CCC(C(C)C)C2)C1. The van der Waals surface area contributed by atoms with E-state index in [2.05, 4.69) is 41.5 Å². The fraction of sp³-hybridized carbons (Fsp3) is 0.955. The molecule has 0 bridgehead atoms. The van der Waals surface area contributed by atoms with Gasteiger partial charge < -0.3 is 5.11 Å². The maximum Gasteiger partial charge on any atom is 0.139 e. The molecule has 2 rings (SSSR count). The first-order valence-electron chi connectivity index (χ1n) is 10.2. The van der Waals surface area contributed by atoms with Gasteiger partial charge in [0.2, 0.25) is 0 Å². The number of rotatable bonds is 7. The summed E-state index contributed by atoms with van der Waals surface area (Å²) in [6, 6.07) is 0. The first kappa shape index (κ1) is 19.9. The van der Waals surface area contributed by atoms with Crippen molar-refractivity contribution >= 4 is 5.78 Å². The summed E-state index contributed by atoms with van der Waals surface area (Å²) in [5.41, 5.74) is 0.166. The van der Waals surface area contributed by atoms with Crippen LogP contribution in [-0.4, -0.2) is 17.5 Å². The Balaban J connectivity index is 2.02. The van der Waals surface area contributed by atoms with E-state index in [-0.39, 0.29) is 23.4 Å². The van der Waals surface area contributed by atoms with Gasteiger partial charge in [-0.15, -0.1) is 0 Å². The lowest BCUT2D eigenvalue weighted by Gasteiger charge is -2.35. The van der Waals surface area contributed by atoms with E-state index in [1.807, 2.05) is 0 Å². The van der Waals surface area contributed by atoms with Gasteiger partial charge >= 0.3 is 0 Å². The van der Waals surface area contributed by atoms with Gasteiger partial charge in [0.25, 0.3) is 0 Å². The predicted octanol–water partition coefficient (Wildman–Crippen LogP) is 5.48. The summed E-state index contributed by atoms with van der Waals surface area (Å²) in [6.07, 6.45) is 7.70. The molecule has 0 amide bonds. The molecule has 1 N–H and O–H groups in total. The maximum atomic E-state index is 13.1. The highest BCUT2D eigenvalue weighted by Crippen LogP contribution is 2.52. The van der Waals surface area contributed by atoms with Crippen LogP contribution in [0.4, 0.5) is 0 Å². The Morgan fingerprint density at radius 3 is 2.00 bits per heavy atom. The van der Waals surface area contributed by atoms with Gasteiger partial charge in [0, 0.05) is 12.3 Å². The lowest BCUT2D eigenvalue weighted by Crippen LogP contribution is -2.37. The molecule has 0 aromatic carbocycles. The zero-order chi connectivity index (χ0) is 18.1. The Kier molecular flexibility index (Phi) is 6.21. The van der Waals surface area contributed by atoms with Crippen LogP contribution in [0.25, 0.3) is 0 Å². The van der Waals surface area contributed by atoms with Crippen LogP contribution in [0.5, 0.6) is 0 Å². The Morgan fingerprint density at radius 1 is 1.00 bits per heavy atom. The van der Waals surface area contributed by atoms with Gasteiger partial charge in [0.15, 0.2) is 0 Å². The third-order valence-electron chi connectivity index (χ3n) is 7.59. The summed E-state index contributed by atoms with van der Waals surface area (Å²) in [7, 11) is 0. The molecule has 2 nitrogen and oxygen atoms in total. The molecular formula is C22H40O2. The molecule has 0 aromatic rings. The smallest absolute Gasteiger partial charge is 0.139 e. The van der Waals surface area contributed by atoms with Gasteiger partial charge in [-0.3, -0.25) is 4.79 Å². The molecule has 140 valence electrons. The molecular weight excluding hydrogens is 296 g/mol. The summed E-state index contributed by atoms with van der Waals surface area (Å²) in [6.45, 7) is 13.8. The summed E-state index contributed by atoms with van der Waals surface area (Å²) < 4.78 is 0. The minimum Gasteiger partial charge on any atom is -0.396 e. The van der Waals surface area contributed by atoms with Crippen LogP contribution in [0.1, 0.15) is 86.5 Å². The third kappa shape index (κ3) is 4.23. The van der Waals surface area contributed by atoms with Crippen molar-refractivity contribution < 1.29 is 9.90 Å².